The zero-order valence-corrected chi connectivity index (χ0v) is 17.5. The molecule has 5 nitrogen and oxygen atoms in total. The number of hydrogen-bond acceptors (Lipinski definition) is 2. The maximum Gasteiger partial charge on any atom is 0.191 e. The summed E-state index contributed by atoms with van der Waals surface area (Å²) in [4.78, 5) is 4.39. The summed E-state index contributed by atoms with van der Waals surface area (Å²) in [5.74, 6) is 0.608. The van der Waals surface area contributed by atoms with Gasteiger partial charge < -0.3 is 10.6 Å². The molecule has 0 amide bonds. The van der Waals surface area contributed by atoms with E-state index < -0.39 is 0 Å². The van der Waals surface area contributed by atoms with Gasteiger partial charge in [0.25, 0.3) is 0 Å². The van der Waals surface area contributed by atoms with Crippen molar-refractivity contribution in [2.75, 3.05) is 13.6 Å². The first-order chi connectivity index (χ1) is 13.4. The third kappa shape index (κ3) is 4.37. The topological polar surface area (TPSA) is 54.2 Å². The lowest BCUT2D eigenvalue weighted by Gasteiger charge is -2.38. The molecule has 0 spiro atoms. The highest BCUT2D eigenvalue weighted by Crippen LogP contribution is 2.39. The van der Waals surface area contributed by atoms with E-state index in [0.29, 0.717) is 6.54 Å². The molecule has 0 bridgehead atoms. The zero-order valence-electron chi connectivity index (χ0n) is 17.5. The molecule has 152 valence electrons. The van der Waals surface area contributed by atoms with Gasteiger partial charge in [-0.2, -0.15) is 5.10 Å². The van der Waals surface area contributed by atoms with E-state index in [4.69, 9.17) is 0 Å². The number of hydrogen-bond donors (Lipinski definition) is 2. The van der Waals surface area contributed by atoms with Crippen molar-refractivity contribution in [2.45, 2.75) is 57.9 Å². The van der Waals surface area contributed by atoms with Crippen molar-refractivity contribution in [2.24, 2.45) is 12.0 Å². The highest BCUT2D eigenvalue weighted by atomic mass is 19.1. The fraction of sp³-hybridized carbons (Fsp3) is 0.545. The van der Waals surface area contributed by atoms with Crippen molar-refractivity contribution in [1.29, 1.82) is 0 Å². The lowest BCUT2D eigenvalue weighted by molar-refractivity contribution is 0.290. The molecule has 2 aromatic rings. The predicted molar refractivity (Wildman–Crippen MR) is 112 cm³/mol. The van der Waals surface area contributed by atoms with Crippen LogP contribution in [-0.4, -0.2) is 29.3 Å². The maximum atomic E-state index is 13.9. The van der Waals surface area contributed by atoms with E-state index >= 15 is 0 Å². The molecule has 1 aromatic carbocycles. The summed E-state index contributed by atoms with van der Waals surface area (Å²) in [5.41, 5.74) is 4.44. The van der Waals surface area contributed by atoms with Gasteiger partial charge in [-0.25, -0.2) is 4.39 Å². The molecule has 6 heteroatoms. The summed E-state index contributed by atoms with van der Waals surface area (Å²) in [6, 6.07) is 7.11. The Labute approximate surface area is 167 Å². The first-order valence-corrected chi connectivity index (χ1v) is 10.1. The van der Waals surface area contributed by atoms with E-state index in [1.54, 1.807) is 13.1 Å². The van der Waals surface area contributed by atoms with Gasteiger partial charge in [0.1, 0.15) is 5.82 Å². The van der Waals surface area contributed by atoms with Gasteiger partial charge in [-0.05, 0) is 44.4 Å². The number of nitrogens with zero attached hydrogens (tertiary/aromatic N) is 3. The van der Waals surface area contributed by atoms with Crippen LogP contribution in [0.1, 0.15) is 54.6 Å². The smallest absolute Gasteiger partial charge is 0.191 e. The molecule has 28 heavy (non-hydrogen) atoms. The van der Waals surface area contributed by atoms with E-state index in [0.717, 1.165) is 42.3 Å². The Kier molecular flexibility index (Phi) is 6.37. The molecule has 0 unspecified atom stereocenters. The molecule has 0 atom stereocenters. The monoisotopic (exact) mass is 385 g/mol. The van der Waals surface area contributed by atoms with Crippen molar-refractivity contribution < 1.29 is 4.39 Å². The Morgan fingerprint density at radius 1 is 1.21 bits per heavy atom. The highest BCUT2D eigenvalue weighted by molar-refractivity contribution is 5.79. The largest absolute Gasteiger partial charge is 0.356 e. The summed E-state index contributed by atoms with van der Waals surface area (Å²) < 4.78 is 15.8. The molecule has 0 aliphatic heterocycles. The van der Waals surface area contributed by atoms with Crippen LogP contribution >= 0.6 is 0 Å². The molecule has 1 saturated carbocycles. The summed E-state index contributed by atoms with van der Waals surface area (Å²) in [6.07, 6.45) is 5.75. The van der Waals surface area contributed by atoms with Crippen LogP contribution in [0.4, 0.5) is 4.39 Å². The average Bonchev–Trinajstić information content (AvgIpc) is 2.94. The average molecular weight is 386 g/mol. The van der Waals surface area contributed by atoms with Gasteiger partial charge in [0, 0.05) is 43.9 Å². The molecule has 0 saturated heterocycles. The number of halogens is 1. The lowest BCUT2D eigenvalue weighted by Crippen LogP contribution is -2.46. The predicted octanol–water partition coefficient (Wildman–Crippen LogP) is 3.74. The Bertz CT molecular complexity index is 833. The van der Waals surface area contributed by atoms with E-state index in [1.165, 1.54) is 30.9 Å². The second-order valence-corrected chi connectivity index (χ2v) is 7.90. The molecule has 0 radical (unpaired) electrons. The normalized spacial score (nSPS) is 16.8. The molecule has 2 N–H and O–H groups in total. The van der Waals surface area contributed by atoms with Gasteiger partial charge in [-0.1, -0.05) is 31.4 Å². The molecular formula is C22H32FN5. The third-order valence-corrected chi connectivity index (χ3v) is 6.16. The SMILES string of the molecule is CN=C(NCc1c(C)nn(C)c1C)NCC1(c2cccc(F)c2)CCCCC1. The minimum Gasteiger partial charge on any atom is -0.356 e. The number of nitrogens with one attached hydrogen (secondary N) is 2. The number of aliphatic imine (C=N–C) groups is 1. The van der Waals surface area contributed by atoms with E-state index in [2.05, 4.69) is 33.7 Å². The number of benzene rings is 1. The van der Waals surface area contributed by atoms with Crippen LogP contribution in [0.2, 0.25) is 0 Å². The third-order valence-electron chi connectivity index (χ3n) is 6.16. The van der Waals surface area contributed by atoms with Gasteiger partial charge >= 0.3 is 0 Å². The molecule has 1 aromatic heterocycles. The summed E-state index contributed by atoms with van der Waals surface area (Å²) in [6.45, 7) is 5.54. The first-order valence-electron chi connectivity index (χ1n) is 10.1. The Hall–Kier alpha value is -2.37. The lowest BCUT2D eigenvalue weighted by atomic mass is 9.69. The quantitative estimate of drug-likeness (QED) is 0.609. The van der Waals surface area contributed by atoms with E-state index in [9.17, 15) is 4.39 Å². The van der Waals surface area contributed by atoms with Crippen LogP contribution in [0.3, 0.4) is 0 Å². The van der Waals surface area contributed by atoms with E-state index in [-0.39, 0.29) is 11.2 Å². The Balaban J connectivity index is 1.69. The number of rotatable bonds is 5. The van der Waals surface area contributed by atoms with Crippen molar-refractivity contribution in [3.63, 3.8) is 0 Å². The van der Waals surface area contributed by atoms with Crippen LogP contribution in [-0.2, 0) is 19.0 Å². The minimum absolute atomic E-state index is 0.0435. The van der Waals surface area contributed by atoms with Gasteiger partial charge in [-0.15, -0.1) is 0 Å². The summed E-state index contributed by atoms with van der Waals surface area (Å²) in [5, 5.41) is 11.4. The van der Waals surface area contributed by atoms with Gasteiger partial charge in [0.2, 0.25) is 0 Å². The molecule has 1 heterocycles. The van der Waals surface area contributed by atoms with Crippen LogP contribution in [0, 0.1) is 19.7 Å². The maximum absolute atomic E-state index is 13.9. The zero-order chi connectivity index (χ0) is 20.1. The second kappa shape index (κ2) is 8.76. The van der Waals surface area contributed by atoms with Crippen molar-refractivity contribution in [3.05, 3.63) is 52.6 Å². The fourth-order valence-electron chi connectivity index (χ4n) is 4.33. The standard InChI is InChI=1S/C22H32FN5/c1-16-20(17(2)28(4)27-16)14-25-21(24-3)26-15-22(11-6-5-7-12-22)18-9-8-10-19(23)13-18/h8-10,13H,5-7,11-12,14-15H2,1-4H3,(H2,24,25,26). The van der Waals surface area contributed by atoms with Crippen molar-refractivity contribution in [3.8, 4) is 0 Å². The summed E-state index contributed by atoms with van der Waals surface area (Å²) >= 11 is 0. The van der Waals surface area contributed by atoms with Gasteiger partial charge in [0.15, 0.2) is 5.96 Å². The van der Waals surface area contributed by atoms with Gasteiger partial charge in [0.05, 0.1) is 5.69 Å². The highest BCUT2D eigenvalue weighted by Gasteiger charge is 2.34. The van der Waals surface area contributed by atoms with Gasteiger partial charge in [-0.3, -0.25) is 9.67 Å². The molecule has 1 aliphatic carbocycles. The minimum atomic E-state index is -0.160. The Morgan fingerprint density at radius 2 is 1.96 bits per heavy atom. The number of aromatic nitrogens is 2. The molecule has 3 rings (SSSR count). The van der Waals surface area contributed by atoms with Crippen LogP contribution in [0.25, 0.3) is 0 Å². The fourth-order valence-corrected chi connectivity index (χ4v) is 4.33. The molecule has 1 fully saturated rings. The molecular weight excluding hydrogens is 353 g/mol. The number of aryl methyl sites for hydroxylation is 2. The van der Waals surface area contributed by atoms with Crippen LogP contribution in [0.15, 0.2) is 29.3 Å². The van der Waals surface area contributed by atoms with Crippen LogP contribution in [0.5, 0.6) is 0 Å². The number of guanidine groups is 1. The van der Waals surface area contributed by atoms with Crippen LogP contribution < -0.4 is 10.6 Å². The Morgan fingerprint density at radius 3 is 2.57 bits per heavy atom. The molecule has 1 aliphatic rings. The van der Waals surface area contributed by atoms with Crippen molar-refractivity contribution >= 4 is 5.96 Å². The van der Waals surface area contributed by atoms with E-state index in [1.807, 2.05) is 24.7 Å². The van der Waals surface area contributed by atoms with Crippen molar-refractivity contribution in [1.82, 2.24) is 20.4 Å². The summed E-state index contributed by atoms with van der Waals surface area (Å²) in [7, 11) is 3.75. The second-order valence-electron chi connectivity index (χ2n) is 7.90. The first kappa shape index (κ1) is 20.4.